The van der Waals surface area contributed by atoms with Crippen molar-refractivity contribution in [3.8, 4) is 6.07 Å². The second kappa shape index (κ2) is 13.3. The van der Waals surface area contributed by atoms with Gasteiger partial charge in [0.1, 0.15) is 11.4 Å². The van der Waals surface area contributed by atoms with Gasteiger partial charge in [-0.3, -0.25) is 4.79 Å². The lowest BCUT2D eigenvalue weighted by atomic mass is 10.0. The number of aliphatic hydroxyl groups is 1. The zero-order valence-electron chi connectivity index (χ0n) is 21.6. The van der Waals surface area contributed by atoms with Crippen LogP contribution < -0.4 is 10.6 Å². The summed E-state index contributed by atoms with van der Waals surface area (Å²) < 4.78 is 46.6. The maximum absolute atomic E-state index is 13.7. The summed E-state index contributed by atoms with van der Waals surface area (Å²) in [5.74, 6) is -0.956. The van der Waals surface area contributed by atoms with E-state index in [9.17, 15) is 23.2 Å². The van der Waals surface area contributed by atoms with Crippen molar-refractivity contribution in [2.45, 2.75) is 32.7 Å². The van der Waals surface area contributed by atoms with Crippen LogP contribution in [0.3, 0.4) is 0 Å². The van der Waals surface area contributed by atoms with E-state index in [2.05, 4.69) is 20.6 Å². The Labute approximate surface area is 225 Å². The number of halogens is 3. The van der Waals surface area contributed by atoms with Gasteiger partial charge in [0, 0.05) is 59.2 Å². The van der Waals surface area contributed by atoms with Crippen LogP contribution in [0.1, 0.15) is 46.5 Å². The molecule has 0 fully saturated rings. The van der Waals surface area contributed by atoms with Gasteiger partial charge in [-0.05, 0) is 43.7 Å². The summed E-state index contributed by atoms with van der Waals surface area (Å²) >= 11 is 0. The van der Waals surface area contributed by atoms with Crippen molar-refractivity contribution in [1.82, 2.24) is 14.9 Å². The van der Waals surface area contributed by atoms with Gasteiger partial charge in [-0.15, -0.1) is 0 Å². The molecule has 3 N–H and O–H groups in total. The van der Waals surface area contributed by atoms with E-state index in [1.807, 2.05) is 25.1 Å². The number of aliphatic hydroxyl groups excluding tert-OH is 1. The highest BCUT2D eigenvalue weighted by Gasteiger charge is 2.36. The molecule has 3 aromatic rings. The maximum Gasteiger partial charge on any atom is 0.421 e. The molecule has 206 valence electrons. The summed E-state index contributed by atoms with van der Waals surface area (Å²) in [5.41, 5.74) is 1.61. The van der Waals surface area contributed by atoms with Crippen LogP contribution in [0.2, 0.25) is 0 Å². The Morgan fingerprint density at radius 2 is 1.87 bits per heavy atom. The van der Waals surface area contributed by atoms with E-state index in [4.69, 9.17) is 9.63 Å². The van der Waals surface area contributed by atoms with Crippen LogP contribution in [-0.4, -0.2) is 46.1 Å². The first-order valence-electron chi connectivity index (χ1n) is 12.0. The number of fused-ring (bicyclic) bond motifs is 1. The minimum absolute atomic E-state index is 0.0526. The number of aromatic nitrogens is 2. The summed E-state index contributed by atoms with van der Waals surface area (Å²) in [7, 11) is 1.91. The van der Waals surface area contributed by atoms with Gasteiger partial charge in [0.25, 0.3) is 5.91 Å². The van der Waals surface area contributed by atoms with Crippen molar-refractivity contribution in [2.75, 3.05) is 30.9 Å². The largest absolute Gasteiger partial charge is 0.421 e. The predicted octanol–water partition coefficient (Wildman–Crippen LogP) is 5.57. The van der Waals surface area contributed by atoms with Crippen LogP contribution in [0.25, 0.3) is 0 Å². The van der Waals surface area contributed by atoms with Crippen molar-refractivity contribution in [2.24, 2.45) is 0 Å². The smallest absolute Gasteiger partial charge is 0.397 e. The lowest BCUT2D eigenvalue weighted by molar-refractivity contribution is -0.137. The molecule has 0 saturated carbocycles. The fraction of sp³-hybridized carbons (Fsp3) is 0.308. The number of alkyl halides is 3. The number of nitriles is 1. The molecule has 1 amide bonds. The van der Waals surface area contributed by atoms with Gasteiger partial charge in [0.15, 0.2) is 0 Å². The number of hydrogen-bond acceptors (Lipinski definition) is 8. The summed E-state index contributed by atoms with van der Waals surface area (Å²) in [5, 5.41) is 22.5. The van der Waals surface area contributed by atoms with Gasteiger partial charge < -0.3 is 25.2 Å². The highest BCUT2D eigenvalue weighted by atomic mass is 31.1. The molecule has 1 aliphatic rings. The van der Waals surface area contributed by atoms with E-state index in [1.54, 1.807) is 26.1 Å². The molecule has 0 saturated heterocycles. The molecular weight excluding hydrogens is 532 g/mol. The Bertz CT molecular complexity index is 1350. The molecule has 4 rings (SSSR count). The minimum atomic E-state index is -4.74. The summed E-state index contributed by atoms with van der Waals surface area (Å²) in [6.07, 6.45) is -3.28. The van der Waals surface area contributed by atoms with Crippen molar-refractivity contribution in [3.05, 3.63) is 70.4 Å². The van der Waals surface area contributed by atoms with Gasteiger partial charge >= 0.3 is 6.18 Å². The van der Waals surface area contributed by atoms with E-state index in [1.165, 1.54) is 17.0 Å². The Kier molecular flexibility index (Phi) is 10.2. The first kappa shape index (κ1) is 29.8. The van der Waals surface area contributed by atoms with Crippen molar-refractivity contribution in [3.63, 3.8) is 0 Å². The SMILES string of the molecule is CCO.CCOPCc1ccc(Nc2ncc(C(F)(F)F)c(Nc3ccc(C#N)c4c3C(=O)N(C)C4)n2)cc1. The topological polar surface area (TPSA) is 123 Å². The van der Waals surface area contributed by atoms with E-state index in [0.29, 0.717) is 38.4 Å². The van der Waals surface area contributed by atoms with Crippen LogP contribution in [0, 0.1) is 11.3 Å². The fourth-order valence-electron chi connectivity index (χ4n) is 3.71. The van der Waals surface area contributed by atoms with Gasteiger partial charge in [0.2, 0.25) is 5.95 Å². The number of hydrogen-bond donors (Lipinski definition) is 3. The molecule has 1 aromatic heterocycles. The number of nitrogens with one attached hydrogen (secondary N) is 2. The third-order valence-corrected chi connectivity index (χ3v) is 6.51. The first-order chi connectivity index (χ1) is 18.6. The summed E-state index contributed by atoms with van der Waals surface area (Å²) in [4.78, 5) is 22.0. The number of rotatable bonds is 8. The monoisotopic (exact) mass is 560 g/mol. The minimum Gasteiger partial charge on any atom is -0.397 e. The summed E-state index contributed by atoms with van der Waals surface area (Å²) in [6.45, 7) is 4.70. The van der Waals surface area contributed by atoms with Crippen LogP contribution in [0.5, 0.6) is 0 Å². The molecule has 9 nitrogen and oxygen atoms in total. The molecule has 39 heavy (non-hydrogen) atoms. The molecule has 2 heterocycles. The normalized spacial score (nSPS) is 12.7. The van der Waals surface area contributed by atoms with Gasteiger partial charge in [-0.1, -0.05) is 12.1 Å². The van der Waals surface area contributed by atoms with Gasteiger partial charge in [-0.2, -0.15) is 23.4 Å². The standard InChI is InChI=1S/C24H22F3N6O2P.C2H6O/c1-3-35-36-13-14-4-7-16(8-5-14)30-23-29-11-18(24(25,26)27)21(32-23)31-19-9-6-15(10-28)17-12-33(2)22(34)20(17)19;1-2-3/h4-9,11,36H,3,12-13H2,1-2H3,(H2,29,30,31,32);3H,2H2,1H3. The molecule has 2 aromatic carbocycles. The Hall–Kier alpha value is -3.78. The highest BCUT2D eigenvalue weighted by molar-refractivity contribution is 7.31. The van der Waals surface area contributed by atoms with Crippen LogP contribution in [0.4, 0.5) is 36.3 Å². The molecule has 1 unspecified atom stereocenters. The molecule has 1 atom stereocenters. The second-order valence-corrected chi connectivity index (χ2v) is 9.19. The predicted molar refractivity (Wildman–Crippen MR) is 143 cm³/mol. The lowest BCUT2D eigenvalue weighted by Crippen LogP contribution is -2.18. The first-order valence-corrected chi connectivity index (χ1v) is 13.1. The molecule has 0 bridgehead atoms. The van der Waals surface area contributed by atoms with Crippen molar-refractivity contribution >= 4 is 37.9 Å². The number of carbonyl (C=O) groups is 1. The van der Waals surface area contributed by atoms with Crippen molar-refractivity contribution < 1.29 is 27.6 Å². The van der Waals surface area contributed by atoms with E-state index in [0.717, 1.165) is 11.7 Å². The Morgan fingerprint density at radius 1 is 1.18 bits per heavy atom. The average Bonchev–Trinajstić information content (AvgIpc) is 3.20. The average molecular weight is 561 g/mol. The highest BCUT2D eigenvalue weighted by Crippen LogP contribution is 2.38. The van der Waals surface area contributed by atoms with E-state index in [-0.39, 0.29) is 30.4 Å². The van der Waals surface area contributed by atoms with E-state index < -0.39 is 23.5 Å². The molecule has 0 spiro atoms. The zero-order valence-corrected chi connectivity index (χ0v) is 22.6. The van der Waals surface area contributed by atoms with Crippen molar-refractivity contribution in [1.29, 1.82) is 5.26 Å². The number of nitrogens with zero attached hydrogens (tertiary/aromatic N) is 4. The maximum atomic E-state index is 13.7. The quantitative estimate of drug-likeness (QED) is 0.242. The number of amides is 1. The van der Waals surface area contributed by atoms with Crippen LogP contribution in [0.15, 0.2) is 42.6 Å². The molecule has 0 radical (unpaired) electrons. The Morgan fingerprint density at radius 3 is 2.49 bits per heavy atom. The van der Waals surface area contributed by atoms with Gasteiger partial charge in [0.05, 0.1) is 22.9 Å². The lowest BCUT2D eigenvalue weighted by Gasteiger charge is -2.16. The molecular formula is C26H28F3N6O3P. The number of benzene rings is 2. The Balaban J connectivity index is 0.00000134. The second-order valence-electron chi connectivity index (χ2n) is 8.26. The third kappa shape index (κ3) is 7.41. The summed E-state index contributed by atoms with van der Waals surface area (Å²) in [6, 6.07) is 12.2. The molecule has 1 aliphatic heterocycles. The number of anilines is 4. The van der Waals surface area contributed by atoms with Crippen LogP contribution in [-0.2, 0) is 23.4 Å². The van der Waals surface area contributed by atoms with Gasteiger partial charge in [-0.25, -0.2) is 4.98 Å². The van der Waals surface area contributed by atoms with E-state index >= 15 is 0 Å². The number of carbonyl (C=O) groups excluding carboxylic acids is 1. The molecule has 13 heteroatoms. The molecule has 0 aliphatic carbocycles. The van der Waals surface area contributed by atoms with Crippen LogP contribution >= 0.6 is 8.81 Å². The fourth-order valence-corrected chi connectivity index (χ4v) is 4.42. The zero-order chi connectivity index (χ0) is 28.6. The third-order valence-electron chi connectivity index (χ3n) is 5.47.